The standard InChI is InChI=1S/C28H27NO5/c1-19-5-7-20(8-6-19)10-14-28(30)34-25-12-9-21(16-26(25)32-3)15-23(18-29)22-11-13-24(31-2)27(17-22)33-4/h5-9,11-13,15-17H,10,14H2,1-4H3/b23-15-. The molecule has 174 valence electrons. The molecular weight excluding hydrogens is 430 g/mol. The number of nitrogens with zero attached hydrogens (tertiary/aromatic N) is 1. The zero-order valence-electron chi connectivity index (χ0n) is 19.8. The van der Waals surface area contributed by atoms with Gasteiger partial charge in [0.05, 0.1) is 33.0 Å². The lowest BCUT2D eigenvalue weighted by Crippen LogP contribution is -2.10. The normalized spacial score (nSPS) is 10.9. The fourth-order valence-electron chi connectivity index (χ4n) is 3.38. The van der Waals surface area contributed by atoms with Crippen LogP contribution >= 0.6 is 0 Å². The predicted octanol–water partition coefficient (Wildman–Crippen LogP) is 5.62. The van der Waals surface area contributed by atoms with Crippen molar-refractivity contribution in [1.29, 1.82) is 5.26 Å². The largest absolute Gasteiger partial charge is 0.493 e. The average molecular weight is 458 g/mol. The summed E-state index contributed by atoms with van der Waals surface area (Å²) in [7, 11) is 4.61. The molecule has 0 amide bonds. The minimum absolute atomic E-state index is 0.256. The number of esters is 1. The lowest BCUT2D eigenvalue weighted by Gasteiger charge is -2.11. The summed E-state index contributed by atoms with van der Waals surface area (Å²) in [6, 6.07) is 20.7. The first-order chi connectivity index (χ1) is 16.5. The molecule has 6 nitrogen and oxygen atoms in total. The molecule has 0 atom stereocenters. The van der Waals surface area contributed by atoms with Crippen molar-refractivity contribution in [2.45, 2.75) is 19.8 Å². The second-order valence-electron chi connectivity index (χ2n) is 7.61. The number of carbonyl (C=O) groups is 1. The number of nitriles is 1. The van der Waals surface area contributed by atoms with Crippen LogP contribution in [0.2, 0.25) is 0 Å². The smallest absolute Gasteiger partial charge is 0.311 e. The Hall–Kier alpha value is -4.24. The Morgan fingerprint density at radius 2 is 1.50 bits per heavy atom. The summed E-state index contributed by atoms with van der Waals surface area (Å²) in [6.45, 7) is 2.02. The van der Waals surface area contributed by atoms with Crippen LogP contribution in [-0.4, -0.2) is 27.3 Å². The van der Waals surface area contributed by atoms with Crippen molar-refractivity contribution in [3.05, 3.63) is 82.9 Å². The number of aryl methyl sites for hydroxylation is 2. The molecule has 0 aliphatic rings. The number of rotatable bonds is 9. The van der Waals surface area contributed by atoms with Gasteiger partial charge in [0.25, 0.3) is 0 Å². The molecule has 0 aliphatic heterocycles. The Labute approximate surface area is 200 Å². The number of hydrogen-bond acceptors (Lipinski definition) is 6. The van der Waals surface area contributed by atoms with Crippen LogP contribution < -0.4 is 18.9 Å². The SMILES string of the molecule is COc1ccc(/C(C#N)=C\c2ccc(OC(=O)CCc3ccc(C)cc3)c(OC)c2)cc1OC. The fourth-order valence-corrected chi connectivity index (χ4v) is 3.38. The molecule has 0 heterocycles. The highest BCUT2D eigenvalue weighted by Gasteiger charge is 2.13. The number of benzene rings is 3. The van der Waals surface area contributed by atoms with Gasteiger partial charge in [0.15, 0.2) is 23.0 Å². The summed E-state index contributed by atoms with van der Waals surface area (Å²) in [4.78, 5) is 12.4. The number of ether oxygens (including phenoxy) is 4. The number of methoxy groups -OCH3 is 3. The summed E-state index contributed by atoms with van der Waals surface area (Å²) < 4.78 is 21.5. The second kappa shape index (κ2) is 11.6. The van der Waals surface area contributed by atoms with Gasteiger partial charge in [-0.05, 0) is 66.4 Å². The highest BCUT2D eigenvalue weighted by molar-refractivity contribution is 5.90. The van der Waals surface area contributed by atoms with Gasteiger partial charge in [-0.2, -0.15) is 5.26 Å². The highest BCUT2D eigenvalue weighted by atomic mass is 16.6. The summed E-state index contributed by atoms with van der Waals surface area (Å²) >= 11 is 0. The van der Waals surface area contributed by atoms with Crippen molar-refractivity contribution in [2.75, 3.05) is 21.3 Å². The van der Waals surface area contributed by atoms with Crippen molar-refractivity contribution < 1.29 is 23.7 Å². The van der Waals surface area contributed by atoms with Crippen LogP contribution in [0.15, 0.2) is 60.7 Å². The Morgan fingerprint density at radius 1 is 0.853 bits per heavy atom. The van der Waals surface area contributed by atoms with Crippen LogP contribution in [-0.2, 0) is 11.2 Å². The number of carbonyl (C=O) groups excluding carboxylic acids is 1. The minimum atomic E-state index is -0.342. The van der Waals surface area contributed by atoms with Crippen LogP contribution in [0, 0.1) is 18.3 Å². The van der Waals surface area contributed by atoms with Crippen molar-refractivity contribution in [3.63, 3.8) is 0 Å². The third-order valence-corrected chi connectivity index (χ3v) is 5.28. The van der Waals surface area contributed by atoms with Crippen LogP contribution in [0.4, 0.5) is 0 Å². The Kier molecular flexibility index (Phi) is 8.31. The van der Waals surface area contributed by atoms with Gasteiger partial charge in [0.2, 0.25) is 0 Å². The first-order valence-corrected chi connectivity index (χ1v) is 10.8. The van der Waals surface area contributed by atoms with Gasteiger partial charge in [-0.3, -0.25) is 4.79 Å². The third kappa shape index (κ3) is 6.17. The Balaban J connectivity index is 1.75. The zero-order chi connectivity index (χ0) is 24.5. The van der Waals surface area contributed by atoms with Crippen LogP contribution in [0.3, 0.4) is 0 Å². The molecular formula is C28H27NO5. The molecule has 3 rings (SSSR count). The molecule has 0 aromatic heterocycles. The summed E-state index contributed by atoms with van der Waals surface area (Å²) in [6.07, 6.45) is 2.58. The van der Waals surface area contributed by atoms with E-state index in [1.165, 1.54) is 12.7 Å². The molecule has 0 aliphatic carbocycles. The molecule has 6 heteroatoms. The number of hydrogen-bond donors (Lipinski definition) is 0. The van der Waals surface area contributed by atoms with E-state index in [0.29, 0.717) is 40.6 Å². The summed E-state index contributed by atoms with van der Waals surface area (Å²) in [5, 5.41) is 9.71. The molecule has 0 saturated carbocycles. The van der Waals surface area contributed by atoms with Gasteiger partial charge in [-0.1, -0.05) is 35.9 Å². The van der Waals surface area contributed by atoms with E-state index in [0.717, 1.165) is 11.1 Å². The average Bonchev–Trinajstić information content (AvgIpc) is 2.87. The molecule has 0 bridgehead atoms. The summed E-state index contributed by atoms with van der Waals surface area (Å²) in [5.74, 6) is 1.51. The maximum absolute atomic E-state index is 12.4. The van der Waals surface area contributed by atoms with Gasteiger partial charge >= 0.3 is 5.97 Å². The van der Waals surface area contributed by atoms with Crippen LogP contribution in [0.5, 0.6) is 23.0 Å². The summed E-state index contributed by atoms with van der Waals surface area (Å²) in [5.41, 5.74) is 4.10. The zero-order valence-corrected chi connectivity index (χ0v) is 19.8. The van der Waals surface area contributed by atoms with Gasteiger partial charge in [0, 0.05) is 6.42 Å². The van der Waals surface area contributed by atoms with Crippen LogP contribution in [0.25, 0.3) is 11.6 Å². The lowest BCUT2D eigenvalue weighted by molar-refractivity contribution is -0.134. The van der Waals surface area contributed by atoms with E-state index in [1.807, 2.05) is 31.2 Å². The highest BCUT2D eigenvalue weighted by Crippen LogP contribution is 2.33. The van der Waals surface area contributed by atoms with E-state index < -0.39 is 0 Å². The fraction of sp³-hybridized carbons (Fsp3) is 0.214. The molecule has 3 aromatic rings. The predicted molar refractivity (Wildman–Crippen MR) is 131 cm³/mol. The topological polar surface area (TPSA) is 77.8 Å². The Morgan fingerprint density at radius 3 is 2.15 bits per heavy atom. The van der Waals surface area contributed by atoms with Gasteiger partial charge in [-0.15, -0.1) is 0 Å². The van der Waals surface area contributed by atoms with Gasteiger partial charge in [-0.25, -0.2) is 0 Å². The van der Waals surface area contributed by atoms with Gasteiger partial charge < -0.3 is 18.9 Å². The maximum Gasteiger partial charge on any atom is 0.311 e. The third-order valence-electron chi connectivity index (χ3n) is 5.28. The molecule has 3 aromatic carbocycles. The second-order valence-corrected chi connectivity index (χ2v) is 7.61. The van der Waals surface area contributed by atoms with Crippen LogP contribution in [0.1, 0.15) is 28.7 Å². The van der Waals surface area contributed by atoms with E-state index in [2.05, 4.69) is 6.07 Å². The minimum Gasteiger partial charge on any atom is -0.493 e. The van der Waals surface area contributed by atoms with E-state index in [9.17, 15) is 10.1 Å². The van der Waals surface area contributed by atoms with E-state index in [1.54, 1.807) is 56.7 Å². The van der Waals surface area contributed by atoms with Crippen molar-refractivity contribution in [2.24, 2.45) is 0 Å². The molecule has 0 fully saturated rings. The number of allylic oxidation sites excluding steroid dienone is 1. The van der Waals surface area contributed by atoms with Gasteiger partial charge in [0.1, 0.15) is 0 Å². The molecule has 0 N–H and O–H groups in total. The van der Waals surface area contributed by atoms with Crippen molar-refractivity contribution in [3.8, 4) is 29.1 Å². The monoisotopic (exact) mass is 457 g/mol. The quantitative estimate of drug-likeness (QED) is 0.180. The van der Waals surface area contributed by atoms with E-state index in [-0.39, 0.29) is 12.4 Å². The molecule has 0 saturated heterocycles. The van der Waals surface area contributed by atoms with E-state index in [4.69, 9.17) is 18.9 Å². The van der Waals surface area contributed by atoms with Crippen molar-refractivity contribution in [1.82, 2.24) is 0 Å². The lowest BCUT2D eigenvalue weighted by atomic mass is 10.0. The molecule has 0 spiro atoms. The molecule has 0 unspecified atom stereocenters. The molecule has 34 heavy (non-hydrogen) atoms. The Bertz CT molecular complexity index is 1220. The first-order valence-electron chi connectivity index (χ1n) is 10.8. The first kappa shape index (κ1) is 24.4. The maximum atomic E-state index is 12.4. The molecule has 0 radical (unpaired) electrons. The van der Waals surface area contributed by atoms with Crippen molar-refractivity contribution >= 4 is 17.6 Å². The van der Waals surface area contributed by atoms with E-state index >= 15 is 0 Å².